The van der Waals surface area contributed by atoms with Gasteiger partial charge in [-0.1, -0.05) is 19.8 Å². The van der Waals surface area contributed by atoms with Crippen molar-refractivity contribution in [3.63, 3.8) is 0 Å². The lowest BCUT2D eigenvalue weighted by atomic mass is 10.0. The average molecular weight is 592 g/mol. The molecule has 3 N–H and O–H groups in total. The zero-order valence-electron chi connectivity index (χ0n) is 25.7. The van der Waals surface area contributed by atoms with Gasteiger partial charge in [0.1, 0.15) is 17.5 Å². The van der Waals surface area contributed by atoms with Gasteiger partial charge >= 0.3 is 0 Å². The standard InChI is InChI=1S/C32H45N7O4/c1-5-7-10-19-43-20-18-33-16-11-17-34-30(40)23-14-15-25(28(21-23)42-4)36-32-35-22-27-29(37-32)39(24-12-8-9-13-24)26(6-2)31(41)38(27)3/h1,14-15,21-22,24,26,33H,6-13,16-20H2,2-4H3,(H,34,40)(H,35,36,37)/t26-/m1/s1. The van der Waals surface area contributed by atoms with Crippen LogP contribution in [0.15, 0.2) is 24.4 Å². The molecule has 1 saturated carbocycles. The van der Waals surface area contributed by atoms with Crippen LogP contribution >= 0.6 is 0 Å². The monoisotopic (exact) mass is 591 g/mol. The third-order valence-corrected chi connectivity index (χ3v) is 7.97. The molecule has 4 rings (SSSR count). The van der Waals surface area contributed by atoms with Crippen LogP contribution in [0.2, 0.25) is 0 Å². The predicted octanol–water partition coefficient (Wildman–Crippen LogP) is 3.87. The largest absolute Gasteiger partial charge is 0.495 e. The number of carbonyl (C=O) groups excluding carboxylic acids is 2. The van der Waals surface area contributed by atoms with Gasteiger partial charge in [-0.25, -0.2) is 4.98 Å². The third kappa shape index (κ3) is 8.15. The highest BCUT2D eigenvalue weighted by atomic mass is 16.5. The number of unbranched alkanes of at least 4 members (excludes halogenated alkanes) is 1. The summed E-state index contributed by atoms with van der Waals surface area (Å²) in [7, 11) is 3.35. The Morgan fingerprint density at radius 1 is 1.16 bits per heavy atom. The van der Waals surface area contributed by atoms with E-state index >= 15 is 0 Å². The van der Waals surface area contributed by atoms with Crippen molar-refractivity contribution < 1.29 is 19.1 Å². The summed E-state index contributed by atoms with van der Waals surface area (Å²) >= 11 is 0. The summed E-state index contributed by atoms with van der Waals surface area (Å²) in [4.78, 5) is 39.2. The Bertz CT molecular complexity index is 1270. The molecule has 0 saturated heterocycles. The van der Waals surface area contributed by atoms with E-state index in [9.17, 15) is 9.59 Å². The van der Waals surface area contributed by atoms with Crippen LogP contribution in [0.25, 0.3) is 0 Å². The summed E-state index contributed by atoms with van der Waals surface area (Å²) in [6, 6.07) is 5.29. The molecule has 1 atom stereocenters. The number of rotatable bonds is 16. The molecule has 2 aromatic rings. The number of likely N-dealkylation sites (N-methyl/N-ethyl adjacent to an activating group) is 1. The molecule has 0 unspecified atom stereocenters. The number of fused-ring (bicyclic) bond motifs is 1. The number of carbonyl (C=O) groups is 2. The van der Waals surface area contributed by atoms with Crippen LogP contribution in [0.1, 0.15) is 68.6 Å². The molecule has 232 valence electrons. The van der Waals surface area contributed by atoms with Crippen LogP contribution in [0.3, 0.4) is 0 Å². The van der Waals surface area contributed by atoms with Crippen molar-refractivity contribution in [1.82, 2.24) is 20.6 Å². The average Bonchev–Trinajstić information content (AvgIpc) is 3.56. The SMILES string of the molecule is C#CCCCOCCNCCCNC(=O)c1ccc(Nc2ncc3c(n2)N(C2CCCC2)[C@H](CC)C(=O)N3C)c(OC)c1. The molecule has 1 aliphatic carbocycles. The Morgan fingerprint density at radius 3 is 2.72 bits per heavy atom. The highest BCUT2D eigenvalue weighted by Crippen LogP contribution is 2.40. The molecule has 2 heterocycles. The lowest BCUT2D eigenvalue weighted by Gasteiger charge is -2.43. The van der Waals surface area contributed by atoms with Gasteiger partial charge in [0.15, 0.2) is 5.82 Å². The number of nitrogens with one attached hydrogen (secondary N) is 3. The van der Waals surface area contributed by atoms with E-state index in [2.05, 4.69) is 31.8 Å². The van der Waals surface area contributed by atoms with E-state index in [4.69, 9.17) is 20.9 Å². The molecule has 1 aliphatic heterocycles. The molecule has 1 aromatic carbocycles. The summed E-state index contributed by atoms with van der Waals surface area (Å²) in [5, 5.41) is 9.53. The minimum Gasteiger partial charge on any atom is -0.495 e. The molecule has 0 spiro atoms. The fraction of sp³-hybridized carbons (Fsp3) is 0.562. The first-order valence-corrected chi connectivity index (χ1v) is 15.4. The highest BCUT2D eigenvalue weighted by molar-refractivity contribution is 6.04. The van der Waals surface area contributed by atoms with E-state index in [-0.39, 0.29) is 23.9 Å². The van der Waals surface area contributed by atoms with Crippen LogP contribution in [0.4, 0.5) is 23.1 Å². The molecule has 0 radical (unpaired) electrons. The zero-order chi connectivity index (χ0) is 30.6. The molecular weight excluding hydrogens is 546 g/mol. The number of nitrogens with zero attached hydrogens (tertiary/aromatic N) is 4. The van der Waals surface area contributed by atoms with Gasteiger partial charge in [0.25, 0.3) is 5.91 Å². The maximum absolute atomic E-state index is 13.2. The Morgan fingerprint density at radius 2 is 1.98 bits per heavy atom. The van der Waals surface area contributed by atoms with Crippen molar-refractivity contribution in [2.24, 2.45) is 0 Å². The molecular formula is C32H45N7O4. The maximum Gasteiger partial charge on any atom is 0.251 e. The Kier molecular flexibility index (Phi) is 12.0. The fourth-order valence-corrected chi connectivity index (χ4v) is 5.66. The summed E-state index contributed by atoms with van der Waals surface area (Å²) in [5.74, 6) is 4.19. The van der Waals surface area contributed by atoms with Crippen molar-refractivity contribution in [2.45, 2.75) is 70.4 Å². The molecule has 1 fully saturated rings. The summed E-state index contributed by atoms with van der Waals surface area (Å²) in [6.07, 6.45) is 14.5. The minimum absolute atomic E-state index is 0.0791. The smallest absolute Gasteiger partial charge is 0.251 e. The van der Waals surface area contributed by atoms with Crippen molar-refractivity contribution >= 4 is 35.0 Å². The summed E-state index contributed by atoms with van der Waals surface area (Å²) < 4.78 is 11.1. The van der Waals surface area contributed by atoms with Gasteiger partial charge in [-0.3, -0.25) is 9.59 Å². The normalized spacial score (nSPS) is 16.6. The van der Waals surface area contributed by atoms with E-state index in [1.807, 2.05) is 6.92 Å². The molecule has 11 nitrogen and oxygen atoms in total. The predicted molar refractivity (Wildman–Crippen MR) is 169 cm³/mol. The third-order valence-electron chi connectivity index (χ3n) is 7.97. The molecule has 1 aromatic heterocycles. The maximum atomic E-state index is 13.2. The van der Waals surface area contributed by atoms with Crippen LogP contribution in [0.5, 0.6) is 5.75 Å². The minimum atomic E-state index is -0.241. The van der Waals surface area contributed by atoms with Gasteiger partial charge in [-0.2, -0.15) is 4.98 Å². The number of ether oxygens (including phenoxy) is 2. The first kappa shape index (κ1) is 32.0. The second-order valence-corrected chi connectivity index (χ2v) is 10.9. The van der Waals surface area contributed by atoms with E-state index in [0.717, 1.165) is 63.9 Å². The molecule has 2 aliphatic rings. The number of hydrogen-bond donors (Lipinski definition) is 3. The number of terminal acetylenes is 1. The summed E-state index contributed by atoms with van der Waals surface area (Å²) in [6.45, 7) is 5.46. The lowest BCUT2D eigenvalue weighted by molar-refractivity contribution is -0.120. The van der Waals surface area contributed by atoms with Gasteiger partial charge in [-0.15, -0.1) is 12.3 Å². The fourth-order valence-electron chi connectivity index (χ4n) is 5.66. The van der Waals surface area contributed by atoms with Gasteiger partial charge in [0.2, 0.25) is 11.9 Å². The van der Waals surface area contributed by atoms with Crippen molar-refractivity contribution in [2.75, 3.05) is 62.1 Å². The number of aromatic nitrogens is 2. The van der Waals surface area contributed by atoms with E-state index in [0.29, 0.717) is 54.8 Å². The molecule has 11 heteroatoms. The lowest BCUT2D eigenvalue weighted by Crippen LogP contribution is -2.55. The first-order chi connectivity index (χ1) is 21.0. The summed E-state index contributed by atoms with van der Waals surface area (Å²) in [5.41, 5.74) is 1.86. The van der Waals surface area contributed by atoms with Crippen LogP contribution in [-0.4, -0.2) is 80.9 Å². The van der Waals surface area contributed by atoms with Gasteiger partial charge in [-0.05, 0) is 56.8 Å². The molecule has 43 heavy (non-hydrogen) atoms. The molecule has 0 bridgehead atoms. The molecule has 2 amide bonds. The Hall–Kier alpha value is -3.88. The van der Waals surface area contributed by atoms with Gasteiger partial charge in [0, 0.05) is 44.8 Å². The first-order valence-electron chi connectivity index (χ1n) is 15.4. The number of anilines is 4. The van der Waals surface area contributed by atoms with Gasteiger partial charge < -0.3 is 35.2 Å². The van der Waals surface area contributed by atoms with Crippen molar-refractivity contribution in [3.05, 3.63) is 30.0 Å². The van der Waals surface area contributed by atoms with Crippen LogP contribution < -0.4 is 30.5 Å². The van der Waals surface area contributed by atoms with Crippen LogP contribution in [-0.2, 0) is 9.53 Å². The number of hydrogen-bond acceptors (Lipinski definition) is 9. The zero-order valence-corrected chi connectivity index (χ0v) is 25.7. The number of benzene rings is 1. The van der Waals surface area contributed by atoms with Crippen LogP contribution in [0, 0.1) is 12.3 Å². The second-order valence-electron chi connectivity index (χ2n) is 10.9. The number of methoxy groups -OCH3 is 1. The van der Waals surface area contributed by atoms with E-state index in [1.54, 1.807) is 43.5 Å². The second kappa shape index (κ2) is 16.1. The number of amides is 2. The van der Waals surface area contributed by atoms with Crippen molar-refractivity contribution in [1.29, 1.82) is 0 Å². The highest BCUT2D eigenvalue weighted by Gasteiger charge is 2.41. The Labute approximate surface area is 255 Å². The quantitative estimate of drug-likeness (QED) is 0.197. The van der Waals surface area contributed by atoms with E-state index < -0.39 is 0 Å². The van der Waals surface area contributed by atoms with Crippen molar-refractivity contribution in [3.8, 4) is 18.1 Å². The van der Waals surface area contributed by atoms with Gasteiger partial charge in [0.05, 0.1) is 25.6 Å². The Balaban J connectivity index is 1.34. The topological polar surface area (TPSA) is 121 Å². The van der Waals surface area contributed by atoms with E-state index in [1.165, 1.54) is 0 Å².